The van der Waals surface area contributed by atoms with Gasteiger partial charge in [-0.15, -0.1) is 0 Å². The minimum absolute atomic E-state index is 0.0242. The van der Waals surface area contributed by atoms with E-state index in [0.29, 0.717) is 29.0 Å². The largest absolute Gasteiger partial charge is 0.444 e. The molecule has 0 fully saturated rings. The number of amides is 2. The zero-order chi connectivity index (χ0) is 18.8. The van der Waals surface area contributed by atoms with Gasteiger partial charge < -0.3 is 14.6 Å². The Bertz CT molecular complexity index is 998. The lowest BCUT2D eigenvalue weighted by Gasteiger charge is -2.29. The standard InChI is InChI=1S/C21H17BrN2O3/c22-19-9-8-18(27-19)20(25)23-17-7-6-14-10-11-24(13-16(14)12-17)21(26)15-4-2-1-3-5-15/h1-9,12H,10-11,13H2,(H,23,25). The number of hydrogen-bond donors (Lipinski definition) is 1. The van der Waals surface area contributed by atoms with Crippen LogP contribution in [0.5, 0.6) is 0 Å². The third kappa shape index (κ3) is 3.80. The Morgan fingerprint density at radius 2 is 1.81 bits per heavy atom. The molecule has 1 N–H and O–H groups in total. The number of fused-ring (bicyclic) bond motifs is 1. The van der Waals surface area contributed by atoms with Crippen molar-refractivity contribution in [2.75, 3.05) is 11.9 Å². The number of rotatable bonds is 3. The first kappa shape index (κ1) is 17.5. The van der Waals surface area contributed by atoms with Crippen LogP contribution in [0.15, 0.2) is 69.8 Å². The summed E-state index contributed by atoms with van der Waals surface area (Å²) in [5, 5.41) is 2.84. The van der Waals surface area contributed by atoms with Gasteiger partial charge in [-0.1, -0.05) is 24.3 Å². The summed E-state index contributed by atoms with van der Waals surface area (Å²) in [6, 6.07) is 18.4. The quantitative estimate of drug-likeness (QED) is 0.673. The summed E-state index contributed by atoms with van der Waals surface area (Å²) in [4.78, 5) is 26.8. The molecular formula is C21H17BrN2O3. The molecule has 0 radical (unpaired) electrons. The van der Waals surface area contributed by atoms with Crippen LogP contribution >= 0.6 is 15.9 Å². The van der Waals surface area contributed by atoms with E-state index < -0.39 is 0 Å². The Hall–Kier alpha value is -2.86. The van der Waals surface area contributed by atoms with Crippen LogP contribution in [0.2, 0.25) is 0 Å². The van der Waals surface area contributed by atoms with Crippen LogP contribution in [-0.2, 0) is 13.0 Å². The molecule has 136 valence electrons. The highest BCUT2D eigenvalue weighted by Gasteiger charge is 2.22. The molecule has 0 spiro atoms. The Kier molecular flexibility index (Phi) is 4.81. The molecule has 0 saturated carbocycles. The second kappa shape index (κ2) is 7.40. The van der Waals surface area contributed by atoms with Crippen molar-refractivity contribution in [2.24, 2.45) is 0 Å². The van der Waals surface area contributed by atoms with E-state index in [1.54, 1.807) is 12.1 Å². The van der Waals surface area contributed by atoms with Crippen molar-refractivity contribution in [2.45, 2.75) is 13.0 Å². The van der Waals surface area contributed by atoms with Crippen LogP contribution in [0.4, 0.5) is 5.69 Å². The first-order valence-electron chi connectivity index (χ1n) is 8.63. The lowest BCUT2D eigenvalue weighted by molar-refractivity contribution is 0.0734. The number of nitrogens with zero attached hydrogens (tertiary/aromatic N) is 1. The molecule has 0 bridgehead atoms. The highest BCUT2D eigenvalue weighted by Crippen LogP contribution is 2.24. The Morgan fingerprint density at radius 3 is 2.56 bits per heavy atom. The maximum absolute atomic E-state index is 12.7. The lowest BCUT2D eigenvalue weighted by Crippen LogP contribution is -2.36. The van der Waals surface area contributed by atoms with Crippen LogP contribution in [-0.4, -0.2) is 23.3 Å². The second-order valence-electron chi connectivity index (χ2n) is 6.38. The fourth-order valence-corrected chi connectivity index (χ4v) is 3.51. The number of benzene rings is 2. The van der Waals surface area contributed by atoms with E-state index in [4.69, 9.17) is 4.42 Å². The number of carbonyl (C=O) groups excluding carboxylic acids is 2. The van der Waals surface area contributed by atoms with Crippen molar-refractivity contribution >= 4 is 33.4 Å². The summed E-state index contributed by atoms with van der Waals surface area (Å²) in [6.45, 7) is 1.21. The average Bonchev–Trinajstić information content (AvgIpc) is 3.14. The van der Waals surface area contributed by atoms with E-state index in [9.17, 15) is 9.59 Å². The predicted octanol–water partition coefficient (Wildman–Crippen LogP) is 4.49. The number of hydrogen-bond acceptors (Lipinski definition) is 3. The van der Waals surface area contributed by atoms with Crippen molar-refractivity contribution in [1.82, 2.24) is 4.90 Å². The molecule has 6 heteroatoms. The molecule has 5 nitrogen and oxygen atoms in total. The topological polar surface area (TPSA) is 62.6 Å². The molecule has 2 amide bonds. The second-order valence-corrected chi connectivity index (χ2v) is 7.17. The highest BCUT2D eigenvalue weighted by molar-refractivity contribution is 9.10. The summed E-state index contributed by atoms with van der Waals surface area (Å²) in [5.74, 6) is -0.0507. The van der Waals surface area contributed by atoms with E-state index >= 15 is 0 Å². The third-order valence-electron chi connectivity index (χ3n) is 4.58. The normalized spacial score (nSPS) is 13.1. The molecule has 1 aromatic heterocycles. The van der Waals surface area contributed by atoms with E-state index in [2.05, 4.69) is 21.2 Å². The Morgan fingerprint density at radius 1 is 1.00 bits per heavy atom. The highest BCUT2D eigenvalue weighted by atomic mass is 79.9. The van der Waals surface area contributed by atoms with Crippen LogP contribution < -0.4 is 5.32 Å². The van der Waals surface area contributed by atoms with Gasteiger partial charge in [0.2, 0.25) is 0 Å². The van der Waals surface area contributed by atoms with Gasteiger partial charge in [0.15, 0.2) is 10.4 Å². The SMILES string of the molecule is O=C(Nc1ccc2c(c1)CN(C(=O)c1ccccc1)CC2)c1ccc(Br)o1. The fraction of sp³-hybridized carbons (Fsp3) is 0.143. The van der Waals surface area contributed by atoms with Gasteiger partial charge in [0.1, 0.15) is 0 Å². The number of carbonyl (C=O) groups is 2. The molecule has 0 aliphatic carbocycles. The van der Waals surface area contributed by atoms with Crippen molar-refractivity contribution in [3.05, 3.63) is 87.8 Å². The van der Waals surface area contributed by atoms with Crippen LogP contribution in [0, 0.1) is 0 Å². The van der Waals surface area contributed by atoms with Gasteiger partial charge in [0.05, 0.1) is 0 Å². The monoisotopic (exact) mass is 424 g/mol. The van der Waals surface area contributed by atoms with Crippen LogP contribution in [0.1, 0.15) is 32.0 Å². The molecule has 2 aromatic carbocycles. The minimum atomic E-state index is -0.311. The van der Waals surface area contributed by atoms with Crippen molar-refractivity contribution in [3.8, 4) is 0 Å². The van der Waals surface area contributed by atoms with Crippen LogP contribution in [0.3, 0.4) is 0 Å². The van der Waals surface area contributed by atoms with Crippen molar-refractivity contribution < 1.29 is 14.0 Å². The molecule has 27 heavy (non-hydrogen) atoms. The summed E-state index contributed by atoms with van der Waals surface area (Å²) < 4.78 is 5.79. The average molecular weight is 425 g/mol. The molecule has 2 heterocycles. The molecular weight excluding hydrogens is 408 g/mol. The number of nitrogens with one attached hydrogen (secondary N) is 1. The number of furan rings is 1. The number of halogens is 1. The van der Waals surface area contributed by atoms with E-state index in [0.717, 1.165) is 12.0 Å². The summed E-state index contributed by atoms with van der Waals surface area (Å²) in [7, 11) is 0. The molecule has 3 aromatic rings. The molecule has 1 aliphatic rings. The number of anilines is 1. The lowest BCUT2D eigenvalue weighted by atomic mass is 9.98. The zero-order valence-electron chi connectivity index (χ0n) is 14.4. The summed E-state index contributed by atoms with van der Waals surface area (Å²) in [6.07, 6.45) is 0.799. The van der Waals surface area contributed by atoms with Gasteiger partial charge in [-0.2, -0.15) is 0 Å². The first-order chi connectivity index (χ1) is 13.1. The fourth-order valence-electron chi connectivity index (χ4n) is 3.20. The Labute approximate surface area is 165 Å². The molecule has 1 aliphatic heterocycles. The van der Waals surface area contributed by atoms with Gasteiger partial charge in [0, 0.05) is 24.3 Å². The predicted molar refractivity (Wildman–Crippen MR) is 106 cm³/mol. The van der Waals surface area contributed by atoms with E-state index in [1.165, 1.54) is 5.56 Å². The van der Waals surface area contributed by atoms with Gasteiger partial charge in [-0.3, -0.25) is 9.59 Å². The third-order valence-corrected chi connectivity index (χ3v) is 5.01. The smallest absolute Gasteiger partial charge is 0.291 e. The molecule has 0 saturated heterocycles. The Balaban J connectivity index is 1.50. The molecule has 4 rings (SSSR count). The van der Waals surface area contributed by atoms with Gasteiger partial charge in [0.25, 0.3) is 11.8 Å². The summed E-state index contributed by atoms with van der Waals surface area (Å²) in [5.41, 5.74) is 3.61. The summed E-state index contributed by atoms with van der Waals surface area (Å²) >= 11 is 3.19. The van der Waals surface area contributed by atoms with Crippen molar-refractivity contribution in [3.63, 3.8) is 0 Å². The maximum atomic E-state index is 12.7. The first-order valence-corrected chi connectivity index (χ1v) is 9.42. The van der Waals surface area contributed by atoms with Crippen LogP contribution in [0.25, 0.3) is 0 Å². The molecule has 0 atom stereocenters. The zero-order valence-corrected chi connectivity index (χ0v) is 16.0. The maximum Gasteiger partial charge on any atom is 0.291 e. The van der Waals surface area contributed by atoms with Gasteiger partial charge >= 0.3 is 0 Å². The molecule has 0 unspecified atom stereocenters. The minimum Gasteiger partial charge on any atom is -0.444 e. The van der Waals surface area contributed by atoms with E-state index in [-0.39, 0.29) is 17.6 Å². The van der Waals surface area contributed by atoms with E-state index in [1.807, 2.05) is 53.4 Å². The van der Waals surface area contributed by atoms with Crippen molar-refractivity contribution in [1.29, 1.82) is 0 Å². The van der Waals surface area contributed by atoms with Gasteiger partial charge in [-0.25, -0.2) is 0 Å². The van der Waals surface area contributed by atoms with Gasteiger partial charge in [-0.05, 0) is 69.9 Å².